The van der Waals surface area contributed by atoms with E-state index in [-0.39, 0.29) is 18.4 Å². The number of benzene rings is 1. The summed E-state index contributed by atoms with van der Waals surface area (Å²) in [6, 6.07) is 4.65. The molecule has 1 heterocycles. The largest absolute Gasteiger partial charge is 0.459 e. The van der Waals surface area contributed by atoms with Crippen molar-refractivity contribution in [3.8, 4) is 0 Å². The van der Waals surface area contributed by atoms with Gasteiger partial charge in [0.1, 0.15) is 0 Å². The minimum Gasteiger partial charge on any atom is -0.352 e. The highest BCUT2D eigenvalue weighted by atomic mass is 35.5. The Kier molecular flexibility index (Phi) is 8.16. The van der Waals surface area contributed by atoms with Gasteiger partial charge in [0.15, 0.2) is 0 Å². The van der Waals surface area contributed by atoms with E-state index in [9.17, 15) is 22.2 Å². The number of hydrogen-bond acceptors (Lipinski definition) is 3. The van der Waals surface area contributed by atoms with Crippen LogP contribution in [0.2, 0.25) is 10.0 Å². The Morgan fingerprint density at radius 3 is 2.32 bits per heavy atom. The molecular weight excluding hydrogens is 438 g/mol. The van der Waals surface area contributed by atoms with Gasteiger partial charge < -0.3 is 10.2 Å². The molecule has 160 valence electrons. The first kappa shape index (κ1) is 23.4. The van der Waals surface area contributed by atoms with Crippen molar-refractivity contribution >= 4 is 39.2 Å². The van der Waals surface area contributed by atoms with Crippen LogP contribution in [0, 0.1) is 5.92 Å². The molecule has 0 aliphatic carbocycles. The molecule has 1 aliphatic rings. The summed E-state index contributed by atoms with van der Waals surface area (Å²) in [5.74, 6) is 0.0390. The average molecular weight is 462 g/mol. The molecule has 0 atom stereocenters. The van der Waals surface area contributed by atoms with Gasteiger partial charge in [-0.25, -0.2) is 0 Å². The molecule has 1 amide bonds. The fourth-order valence-electron chi connectivity index (χ4n) is 2.95. The monoisotopic (exact) mass is 461 g/mol. The molecule has 28 heavy (non-hydrogen) atoms. The molecule has 0 unspecified atom stereocenters. The Morgan fingerprint density at radius 1 is 1.21 bits per heavy atom. The minimum atomic E-state index is -4.72. The van der Waals surface area contributed by atoms with Gasteiger partial charge in [-0.1, -0.05) is 23.2 Å². The normalized spacial score (nSPS) is 17.5. The molecule has 1 saturated heterocycles. The first-order chi connectivity index (χ1) is 13.0. The zero-order chi connectivity index (χ0) is 20.9. The summed E-state index contributed by atoms with van der Waals surface area (Å²) in [7, 11) is -4.36. The van der Waals surface area contributed by atoms with E-state index in [1.807, 2.05) is 4.90 Å². The molecule has 0 spiro atoms. The molecule has 1 aromatic carbocycles. The second-order valence-corrected chi connectivity index (χ2v) is 10.5. The number of likely N-dealkylation sites (tertiary alicyclic amines) is 1. The smallest absolute Gasteiger partial charge is 0.352 e. The lowest BCUT2D eigenvalue weighted by atomic mass is 9.96. The van der Waals surface area contributed by atoms with E-state index in [1.165, 1.54) is 0 Å². The van der Waals surface area contributed by atoms with Gasteiger partial charge in [-0.2, -0.15) is 13.2 Å². The van der Waals surface area contributed by atoms with Gasteiger partial charge >= 0.3 is 5.51 Å². The van der Waals surface area contributed by atoms with Gasteiger partial charge in [-0.3, -0.25) is 13.7 Å². The van der Waals surface area contributed by atoms with Crippen LogP contribution in [0.1, 0.15) is 23.2 Å². The molecule has 1 aliphatic heterocycles. The van der Waals surface area contributed by atoms with Gasteiger partial charge in [0.05, 0.1) is 0 Å². The van der Waals surface area contributed by atoms with Crippen molar-refractivity contribution in [1.82, 2.24) is 14.9 Å². The van der Waals surface area contributed by atoms with Crippen LogP contribution in [0.15, 0.2) is 18.2 Å². The number of carbonyl (C=O) groups excluding carboxylic acids is 1. The number of alkyl halides is 3. The number of amides is 1. The van der Waals surface area contributed by atoms with E-state index in [0.29, 0.717) is 48.0 Å². The van der Waals surface area contributed by atoms with Crippen LogP contribution >= 0.6 is 23.2 Å². The van der Waals surface area contributed by atoms with E-state index in [1.54, 1.807) is 18.2 Å². The number of halogens is 5. The lowest BCUT2D eigenvalue weighted by Gasteiger charge is -2.33. The van der Waals surface area contributed by atoms with E-state index in [4.69, 9.17) is 23.2 Å². The highest BCUT2D eigenvalue weighted by Crippen LogP contribution is 2.26. The number of rotatable bonds is 7. The Hall–Kier alpha value is -0.870. The van der Waals surface area contributed by atoms with Crippen LogP contribution in [0.5, 0.6) is 0 Å². The first-order valence-corrected chi connectivity index (χ1v) is 11.7. The van der Waals surface area contributed by atoms with E-state index < -0.39 is 15.6 Å². The Bertz CT molecular complexity index is 721. The number of nitrogens with one attached hydrogen (secondary N) is 2. The Morgan fingerprint density at radius 2 is 1.79 bits per heavy atom. The van der Waals surface area contributed by atoms with Crippen molar-refractivity contribution in [2.24, 2.45) is 5.92 Å². The molecule has 5 nitrogen and oxygen atoms in total. The Balaban J connectivity index is 1.70. The van der Waals surface area contributed by atoms with Gasteiger partial charge in [0, 0.05) is 51.6 Å². The third kappa shape index (κ3) is 6.88. The average Bonchev–Trinajstić information content (AvgIpc) is 2.59. The number of nitrogens with zero attached hydrogens (tertiary/aromatic N) is 1. The highest BCUT2D eigenvalue weighted by molar-refractivity contribution is 8.01. The van der Waals surface area contributed by atoms with Crippen LogP contribution in [0.4, 0.5) is 13.2 Å². The van der Waals surface area contributed by atoms with E-state index in [2.05, 4.69) is 10.0 Å². The van der Waals surface area contributed by atoms with Gasteiger partial charge in [-0.15, -0.1) is 0 Å². The molecule has 0 aromatic heterocycles. The predicted octanol–water partition coefficient (Wildman–Crippen LogP) is 3.11. The molecule has 1 aromatic rings. The summed E-state index contributed by atoms with van der Waals surface area (Å²) in [5.41, 5.74) is -4.32. The van der Waals surface area contributed by atoms with Crippen molar-refractivity contribution in [2.75, 3.05) is 39.0 Å². The van der Waals surface area contributed by atoms with Crippen molar-refractivity contribution in [3.63, 3.8) is 0 Å². The summed E-state index contributed by atoms with van der Waals surface area (Å²) in [6.45, 7) is 2.35. The number of thiol groups is 1. The fraction of sp³-hybridized carbons (Fsp3) is 0.588. The maximum Gasteiger partial charge on any atom is 0.459 e. The summed E-state index contributed by atoms with van der Waals surface area (Å²) in [4.78, 5) is 14.2. The number of hydrogen-bond donors (Lipinski definition) is 3. The molecule has 0 bridgehead atoms. The van der Waals surface area contributed by atoms with Gasteiger partial charge in [0.2, 0.25) is 0 Å². The third-order valence-corrected chi connectivity index (χ3v) is 6.94. The van der Waals surface area contributed by atoms with Crippen molar-refractivity contribution in [3.05, 3.63) is 33.8 Å². The molecular formula is C17H24Cl2F3N3O2S. The highest BCUT2D eigenvalue weighted by Gasteiger charge is 2.41. The van der Waals surface area contributed by atoms with Gasteiger partial charge in [-0.05, 0) is 50.0 Å². The second-order valence-electron chi connectivity index (χ2n) is 6.95. The molecule has 2 rings (SSSR count). The maximum atomic E-state index is 12.6. The summed E-state index contributed by atoms with van der Waals surface area (Å²) >= 11 is 11.8. The van der Waals surface area contributed by atoms with Gasteiger partial charge in [0.25, 0.3) is 5.91 Å². The zero-order valence-corrected chi connectivity index (χ0v) is 17.8. The standard InChI is InChI=1S/C17H24Cl2F3N3O2S/c1-28(27,17(20,21)22)24-4-7-25-5-2-12(3-6-25)11-23-16(26)13-8-14(18)10-15(19)9-13/h8-10,12,28H,2-7,11H2,1H3,(H,23,26)(H,24,27). The third-order valence-electron chi connectivity index (χ3n) is 4.71. The van der Waals surface area contributed by atoms with Crippen LogP contribution in [0.25, 0.3) is 0 Å². The topological polar surface area (TPSA) is 61.4 Å². The molecule has 1 fully saturated rings. The summed E-state index contributed by atoms with van der Waals surface area (Å²) in [5, 5.41) is 3.65. The van der Waals surface area contributed by atoms with Crippen LogP contribution in [0.3, 0.4) is 0 Å². The lowest BCUT2D eigenvalue weighted by Crippen LogP contribution is -2.47. The number of carbonyl (C=O) groups is 1. The molecule has 0 radical (unpaired) electrons. The van der Waals surface area contributed by atoms with Crippen LogP contribution < -0.4 is 10.0 Å². The van der Waals surface area contributed by atoms with Crippen molar-refractivity contribution in [2.45, 2.75) is 18.3 Å². The Labute approximate surface area is 173 Å². The number of piperidine rings is 1. The second kappa shape index (κ2) is 9.75. The van der Waals surface area contributed by atoms with E-state index >= 15 is 0 Å². The first-order valence-electron chi connectivity index (χ1n) is 8.84. The zero-order valence-electron chi connectivity index (χ0n) is 15.4. The predicted molar refractivity (Wildman–Crippen MR) is 107 cm³/mol. The van der Waals surface area contributed by atoms with Crippen LogP contribution in [-0.2, 0) is 10.1 Å². The van der Waals surface area contributed by atoms with Crippen molar-refractivity contribution in [1.29, 1.82) is 0 Å². The lowest BCUT2D eigenvalue weighted by molar-refractivity contribution is -0.0424. The molecule has 2 N–H and O–H groups in total. The SMILES string of the molecule is C[SH](=O)(NCCN1CCC(CNC(=O)c2cc(Cl)cc(Cl)c2)CC1)C(F)(F)F. The molecule has 0 saturated carbocycles. The minimum absolute atomic E-state index is 0.0181. The van der Waals surface area contributed by atoms with Crippen molar-refractivity contribution < 1.29 is 22.2 Å². The summed E-state index contributed by atoms with van der Waals surface area (Å²) < 4.78 is 51.4. The quantitative estimate of drug-likeness (QED) is 0.546. The maximum absolute atomic E-state index is 12.6. The molecule has 11 heteroatoms. The summed E-state index contributed by atoms with van der Waals surface area (Å²) in [6.07, 6.45) is 2.34. The van der Waals surface area contributed by atoms with E-state index in [0.717, 1.165) is 12.8 Å². The van der Waals surface area contributed by atoms with Crippen LogP contribution in [-0.4, -0.2) is 59.5 Å². The fourth-order valence-corrected chi connectivity index (χ4v) is 4.18.